The molecule has 6 heteroatoms. The van der Waals surface area contributed by atoms with Crippen LogP contribution in [0.15, 0.2) is 57.7 Å². The molecule has 0 aliphatic heterocycles. The van der Waals surface area contributed by atoms with E-state index in [9.17, 15) is 14.0 Å². The minimum Gasteiger partial charge on any atom is -0.497 e. The fraction of sp³-hybridized carbons (Fsp3) is 0.111. The van der Waals surface area contributed by atoms with Gasteiger partial charge in [-0.1, -0.05) is 6.07 Å². The fourth-order valence-corrected chi connectivity index (χ4v) is 2.30. The summed E-state index contributed by atoms with van der Waals surface area (Å²) in [5.74, 6) is -0.661. The van der Waals surface area contributed by atoms with Crippen LogP contribution in [-0.4, -0.2) is 13.1 Å². The SMILES string of the molecule is COc1ccc2c(COC(=O)c3cccc(F)c3)cc(=O)oc2c1. The lowest BCUT2D eigenvalue weighted by Crippen LogP contribution is -2.08. The van der Waals surface area contributed by atoms with Gasteiger partial charge in [-0.05, 0) is 30.3 Å². The molecule has 0 saturated carbocycles. The quantitative estimate of drug-likeness (QED) is 0.543. The van der Waals surface area contributed by atoms with Crippen molar-refractivity contribution >= 4 is 16.9 Å². The van der Waals surface area contributed by atoms with Crippen molar-refractivity contribution in [3.63, 3.8) is 0 Å². The molecule has 1 aromatic heterocycles. The highest BCUT2D eigenvalue weighted by Gasteiger charge is 2.12. The second kappa shape index (κ2) is 6.54. The maximum Gasteiger partial charge on any atom is 0.338 e. The van der Waals surface area contributed by atoms with E-state index in [1.807, 2.05) is 0 Å². The van der Waals surface area contributed by atoms with Crippen LogP contribution in [0.3, 0.4) is 0 Å². The summed E-state index contributed by atoms with van der Waals surface area (Å²) >= 11 is 0. The molecule has 0 saturated heterocycles. The van der Waals surface area contributed by atoms with Gasteiger partial charge in [0.2, 0.25) is 0 Å². The van der Waals surface area contributed by atoms with Crippen LogP contribution in [0.2, 0.25) is 0 Å². The molecule has 0 spiro atoms. The Bertz CT molecular complexity index is 961. The van der Waals surface area contributed by atoms with Gasteiger partial charge in [-0.2, -0.15) is 0 Å². The number of halogens is 1. The lowest BCUT2D eigenvalue weighted by atomic mass is 10.1. The van der Waals surface area contributed by atoms with Crippen LogP contribution >= 0.6 is 0 Å². The fourth-order valence-electron chi connectivity index (χ4n) is 2.30. The van der Waals surface area contributed by atoms with Gasteiger partial charge in [0.25, 0.3) is 0 Å². The normalized spacial score (nSPS) is 10.6. The zero-order valence-electron chi connectivity index (χ0n) is 12.7. The molecule has 0 N–H and O–H groups in total. The highest BCUT2D eigenvalue weighted by Crippen LogP contribution is 2.23. The Balaban J connectivity index is 1.87. The molecule has 5 nitrogen and oxygen atoms in total. The minimum absolute atomic E-state index is 0.101. The molecule has 0 radical (unpaired) electrons. The van der Waals surface area contributed by atoms with Crippen molar-refractivity contribution in [2.45, 2.75) is 6.61 Å². The second-order valence-corrected chi connectivity index (χ2v) is 5.04. The molecule has 0 unspecified atom stereocenters. The topological polar surface area (TPSA) is 65.7 Å². The first-order valence-electron chi connectivity index (χ1n) is 7.10. The van der Waals surface area contributed by atoms with Crippen LogP contribution in [0.4, 0.5) is 4.39 Å². The number of hydrogen-bond acceptors (Lipinski definition) is 5. The average Bonchev–Trinajstić information content (AvgIpc) is 2.58. The molecule has 0 amide bonds. The Labute approximate surface area is 136 Å². The van der Waals surface area contributed by atoms with E-state index >= 15 is 0 Å². The Morgan fingerprint density at radius 2 is 2.00 bits per heavy atom. The van der Waals surface area contributed by atoms with Gasteiger partial charge in [0, 0.05) is 23.1 Å². The Morgan fingerprint density at radius 1 is 1.17 bits per heavy atom. The highest BCUT2D eigenvalue weighted by atomic mass is 19.1. The molecule has 0 aliphatic carbocycles. The molecule has 0 aliphatic rings. The van der Waals surface area contributed by atoms with Gasteiger partial charge >= 0.3 is 11.6 Å². The van der Waals surface area contributed by atoms with E-state index in [-0.39, 0.29) is 12.2 Å². The van der Waals surface area contributed by atoms with E-state index in [1.54, 1.807) is 18.2 Å². The monoisotopic (exact) mass is 328 g/mol. The number of hydrogen-bond donors (Lipinski definition) is 0. The molecule has 3 rings (SSSR count). The van der Waals surface area contributed by atoms with Crippen molar-refractivity contribution in [1.29, 1.82) is 0 Å². The predicted molar refractivity (Wildman–Crippen MR) is 84.6 cm³/mol. The molecule has 0 atom stereocenters. The van der Waals surface area contributed by atoms with Crippen molar-refractivity contribution in [2.24, 2.45) is 0 Å². The van der Waals surface area contributed by atoms with Gasteiger partial charge in [0.1, 0.15) is 23.8 Å². The third-order valence-corrected chi connectivity index (χ3v) is 3.46. The van der Waals surface area contributed by atoms with Gasteiger partial charge in [0.05, 0.1) is 12.7 Å². The number of ether oxygens (including phenoxy) is 2. The third kappa shape index (κ3) is 3.27. The number of carbonyl (C=O) groups is 1. The first-order chi connectivity index (χ1) is 11.6. The van der Waals surface area contributed by atoms with Gasteiger partial charge in [0.15, 0.2) is 0 Å². The lowest BCUT2D eigenvalue weighted by molar-refractivity contribution is 0.0473. The minimum atomic E-state index is -0.676. The maximum atomic E-state index is 13.2. The number of esters is 1. The molecular weight excluding hydrogens is 315 g/mol. The van der Waals surface area contributed by atoms with Crippen LogP contribution in [0, 0.1) is 5.82 Å². The number of carbonyl (C=O) groups excluding carboxylic acids is 1. The van der Waals surface area contributed by atoms with Crippen LogP contribution < -0.4 is 10.4 Å². The summed E-state index contributed by atoms with van der Waals surface area (Å²) in [6.07, 6.45) is 0. The zero-order chi connectivity index (χ0) is 17.1. The van der Waals surface area contributed by atoms with Crippen LogP contribution in [0.5, 0.6) is 5.75 Å². The summed E-state index contributed by atoms with van der Waals surface area (Å²) in [5, 5.41) is 0.627. The van der Waals surface area contributed by atoms with Crippen LogP contribution in [0.25, 0.3) is 11.0 Å². The van der Waals surface area contributed by atoms with Gasteiger partial charge in [-0.15, -0.1) is 0 Å². The standard InChI is InChI=1S/C18H13FO5/c1-22-14-5-6-15-12(8-17(20)24-16(15)9-14)10-23-18(21)11-3-2-4-13(19)7-11/h2-9H,10H2,1H3. The van der Waals surface area contributed by atoms with Gasteiger partial charge in [-0.25, -0.2) is 14.0 Å². The van der Waals surface area contributed by atoms with Crippen molar-refractivity contribution in [1.82, 2.24) is 0 Å². The van der Waals surface area contributed by atoms with Crippen LogP contribution in [-0.2, 0) is 11.3 Å². The van der Waals surface area contributed by atoms with E-state index in [4.69, 9.17) is 13.9 Å². The summed E-state index contributed by atoms with van der Waals surface area (Å²) in [6.45, 7) is -0.135. The van der Waals surface area contributed by atoms with Gasteiger partial charge < -0.3 is 13.9 Å². The molecular formula is C18H13FO5. The summed E-state index contributed by atoms with van der Waals surface area (Å²) in [6, 6.07) is 11.5. The van der Waals surface area contributed by atoms with Crippen molar-refractivity contribution in [3.05, 3.63) is 75.9 Å². The lowest BCUT2D eigenvalue weighted by Gasteiger charge is -2.08. The van der Waals surface area contributed by atoms with Gasteiger partial charge in [-0.3, -0.25) is 0 Å². The Kier molecular flexibility index (Phi) is 4.29. The summed E-state index contributed by atoms with van der Waals surface area (Å²) in [4.78, 5) is 23.6. The second-order valence-electron chi connectivity index (χ2n) is 5.04. The number of fused-ring (bicyclic) bond motifs is 1. The summed E-state index contributed by atoms with van der Waals surface area (Å²) < 4.78 is 28.5. The molecule has 0 fully saturated rings. The smallest absolute Gasteiger partial charge is 0.338 e. The first-order valence-corrected chi connectivity index (χ1v) is 7.10. The number of rotatable bonds is 4. The molecule has 2 aromatic carbocycles. The van der Waals surface area contributed by atoms with E-state index in [0.717, 1.165) is 6.07 Å². The van der Waals surface area contributed by atoms with Crippen molar-refractivity contribution in [3.8, 4) is 5.75 Å². The van der Waals surface area contributed by atoms with E-state index in [2.05, 4.69) is 0 Å². The number of methoxy groups -OCH3 is 1. The highest BCUT2D eigenvalue weighted by molar-refractivity contribution is 5.89. The Morgan fingerprint density at radius 3 is 2.75 bits per heavy atom. The Hall–Kier alpha value is -3.15. The first kappa shape index (κ1) is 15.7. The molecule has 0 bridgehead atoms. The summed E-state index contributed by atoms with van der Waals surface area (Å²) in [5.41, 5.74) is 0.365. The molecule has 3 aromatic rings. The third-order valence-electron chi connectivity index (χ3n) is 3.46. The number of benzene rings is 2. The van der Waals surface area contributed by atoms with E-state index < -0.39 is 17.4 Å². The van der Waals surface area contributed by atoms with Crippen molar-refractivity contribution in [2.75, 3.05) is 7.11 Å². The van der Waals surface area contributed by atoms with E-state index in [1.165, 1.54) is 31.4 Å². The van der Waals surface area contributed by atoms with Crippen molar-refractivity contribution < 1.29 is 23.1 Å². The molecule has 122 valence electrons. The van der Waals surface area contributed by atoms with E-state index in [0.29, 0.717) is 22.3 Å². The summed E-state index contributed by atoms with van der Waals surface area (Å²) in [7, 11) is 1.50. The van der Waals surface area contributed by atoms with Crippen LogP contribution in [0.1, 0.15) is 15.9 Å². The largest absolute Gasteiger partial charge is 0.497 e. The maximum absolute atomic E-state index is 13.2. The molecule has 1 heterocycles. The predicted octanol–water partition coefficient (Wildman–Crippen LogP) is 3.30. The zero-order valence-corrected chi connectivity index (χ0v) is 12.7. The molecule has 24 heavy (non-hydrogen) atoms. The average molecular weight is 328 g/mol.